The van der Waals surface area contributed by atoms with Gasteiger partial charge in [0, 0.05) is 17.3 Å². The minimum Gasteiger partial charge on any atom is -0.506 e. The Morgan fingerprint density at radius 3 is 2.30 bits per heavy atom. The predicted octanol–water partition coefficient (Wildman–Crippen LogP) is 3.75. The van der Waals surface area contributed by atoms with E-state index in [1.807, 2.05) is 0 Å². The van der Waals surface area contributed by atoms with Gasteiger partial charge in [-0.3, -0.25) is 9.79 Å². The zero-order chi connectivity index (χ0) is 16.4. The Bertz CT molecular complexity index is 862. The van der Waals surface area contributed by atoms with Crippen LogP contribution in [0.25, 0.3) is 5.76 Å². The summed E-state index contributed by atoms with van der Waals surface area (Å²) in [5, 5.41) is 22.0. The van der Waals surface area contributed by atoms with Crippen LogP contribution in [0.15, 0.2) is 64.3 Å². The van der Waals surface area contributed by atoms with Gasteiger partial charge in [0.15, 0.2) is 5.78 Å². The van der Waals surface area contributed by atoms with Gasteiger partial charge in [0.05, 0.1) is 17.0 Å². The number of aliphatic hydroxyl groups excluding tert-OH is 1. The highest BCUT2D eigenvalue weighted by Gasteiger charge is 2.27. The van der Waals surface area contributed by atoms with Crippen LogP contribution in [0.3, 0.4) is 0 Å². The topological polar surface area (TPSA) is 82.2 Å². The molecule has 2 aromatic carbocycles. The van der Waals surface area contributed by atoms with E-state index in [0.29, 0.717) is 22.5 Å². The van der Waals surface area contributed by atoms with Crippen LogP contribution in [0, 0.1) is 0 Å². The first-order valence-electron chi connectivity index (χ1n) is 7.02. The molecule has 5 nitrogen and oxygen atoms in total. The van der Waals surface area contributed by atoms with E-state index in [1.54, 1.807) is 55.5 Å². The Hall–Kier alpha value is -3.21. The fourth-order valence-electron chi connectivity index (χ4n) is 2.39. The lowest BCUT2D eigenvalue weighted by molar-refractivity contribution is 0.104. The number of nitrogens with zero attached hydrogens (tertiary/aromatic N) is 2. The molecule has 23 heavy (non-hydrogen) atoms. The van der Waals surface area contributed by atoms with Gasteiger partial charge in [-0.05, 0) is 24.6 Å². The molecule has 0 heterocycles. The quantitative estimate of drug-likeness (QED) is 0.514. The van der Waals surface area contributed by atoms with E-state index in [2.05, 4.69) is 10.1 Å². The number of hydrogen-bond donors (Lipinski definition) is 2. The third-order valence-electron chi connectivity index (χ3n) is 3.70. The van der Waals surface area contributed by atoms with Crippen molar-refractivity contribution in [2.45, 2.75) is 6.92 Å². The van der Waals surface area contributed by atoms with Crippen LogP contribution in [-0.2, 0) is 0 Å². The second kappa shape index (κ2) is 5.88. The maximum atomic E-state index is 12.3. The Balaban J connectivity index is 1.87. The first-order chi connectivity index (χ1) is 11.1. The summed E-state index contributed by atoms with van der Waals surface area (Å²) in [6, 6.07) is 13.9. The first-order valence-corrected chi connectivity index (χ1v) is 7.02. The van der Waals surface area contributed by atoms with E-state index >= 15 is 0 Å². The SMILES string of the molecule is CC(=NO)c1ccc(N=CC2=C(O)c3ccccc3C2=O)cc1. The summed E-state index contributed by atoms with van der Waals surface area (Å²) >= 11 is 0. The van der Waals surface area contributed by atoms with Crippen molar-refractivity contribution in [1.29, 1.82) is 0 Å². The van der Waals surface area contributed by atoms with E-state index in [0.717, 1.165) is 5.56 Å². The molecule has 0 aromatic heterocycles. The summed E-state index contributed by atoms with van der Waals surface area (Å²) in [5.41, 5.74) is 3.10. The molecule has 1 aliphatic rings. The van der Waals surface area contributed by atoms with Crippen molar-refractivity contribution in [2.24, 2.45) is 10.1 Å². The van der Waals surface area contributed by atoms with Gasteiger partial charge >= 0.3 is 0 Å². The number of Topliss-reactive ketones (excluding diaryl/α,β-unsaturated/α-hetero) is 1. The second-order valence-electron chi connectivity index (χ2n) is 5.13. The summed E-state index contributed by atoms with van der Waals surface area (Å²) in [4.78, 5) is 16.5. The molecule has 0 saturated carbocycles. The summed E-state index contributed by atoms with van der Waals surface area (Å²) < 4.78 is 0. The van der Waals surface area contributed by atoms with Gasteiger partial charge in [-0.2, -0.15) is 0 Å². The number of aliphatic imine (C=N–C) groups is 1. The maximum absolute atomic E-state index is 12.3. The van der Waals surface area contributed by atoms with Gasteiger partial charge in [-0.15, -0.1) is 0 Å². The Morgan fingerprint density at radius 2 is 1.70 bits per heavy atom. The normalized spacial score (nSPS) is 14.7. The van der Waals surface area contributed by atoms with Gasteiger partial charge < -0.3 is 10.3 Å². The van der Waals surface area contributed by atoms with Gasteiger partial charge in [-0.1, -0.05) is 41.6 Å². The number of ketones is 1. The fraction of sp³-hybridized carbons (Fsp3) is 0.0556. The number of carbonyl (C=O) groups is 1. The molecule has 2 N–H and O–H groups in total. The molecular formula is C18H14N2O3. The molecule has 3 rings (SSSR count). The van der Waals surface area contributed by atoms with Crippen molar-refractivity contribution >= 4 is 29.2 Å². The minimum atomic E-state index is -0.235. The number of hydrogen-bond acceptors (Lipinski definition) is 5. The third kappa shape index (κ3) is 2.64. The molecule has 0 amide bonds. The number of oxime groups is 1. The van der Waals surface area contributed by atoms with Gasteiger partial charge in [0.2, 0.25) is 0 Å². The fourth-order valence-corrected chi connectivity index (χ4v) is 2.39. The second-order valence-corrected chi connectivity index (χ2v) is 5.13. The van der Waals surface area contributed by atoms with Gasteiger partial charge in [0.1, 0.15) is 5.76 Å². The van der Waals surface area contributed by atoms with Crippen LogP contribution >= 0.6 is 0 Å². The number of aliphatic hydroxyl groups is 1. The Kier molecular flexibility index (Phi) is 3.76. The van der Waals surface area contributed by atoms with Crippen LogP contribution in [0.2, 0.25) is 0 Å². The molecule has 0 spiro atoms. The maximum Gasteiger partial charge on any atom is 0.199 e. The van der Waals surface area contributed by atoms with Crippen LogP contribution in [-0.4, -0.2) is 28.0 Å². The molecule has 0 unspecified atom stereocenters. The average molecular weight is 306 g/mol. The van der Waals surface area contributed by atoms with Crippen molar-refractivity contribution in [1.82, 2.24) is 0 Å². The lowest BCUT2D eigenvalue weighted by Gasteiger charge is -1.99. The van der Waals surface area contributed by atoms with Crippen LogP contribution in [0.4, 0.5) is 5.69 Å². The van der Waals surface area contributed by atoms with Crippen LogP contribution in [0.5, 0.6) is 0 Å². The van der Waals surface area contributed by atoms with E-state index < -0.39 is 0 Å². The van der Waals surface area contributed by atoms with Crippen molar-refractivity contribution in [3.63, 3.8) is 0 Å². The third-order valence-corrected chi connectivity index (χ3v) is 3.70. The molecule has 1 aliphatic carbocycles. The summed E-state index contributed by atoms with van der Waals surface area (Å²) in [6.45, 7) is 1.69. The monoisotopic (exact) mass is 306 g/mol. The number of rotatable bonds is 3. The molecular weight excluding hydrogens is 292 g/mol. The van der Waals surface area contributed by atoms with Crippen molar-refractivity contribution in [2.75, 3.05) is 0 Å². The summed E-state index contributed by atoms with van der Waals surface area (Å²) in [5.74, 6) is -0.282. The molecule has 0 saturated heterocycles. The number of fused-ring (bicyclic) bond motifs is 1. The van der Waals surface area contributed by atoms with E-state index in [-0.39, 0.29) is 17.1 Å². The van der Waals surface area contributed by atoms with Crippen molar-refractivity contribution < 1.29 is 15.1 Å². The molecule has 0 bridgehead atoms. The Labute approximate surface area is 132 Å². The molecule has 5 heteroatoms. The van der Waals surface area contributed by atoms with E-state index in [1.165, 1.54) is 6.21 Å². The number of benzene rings is 2. The average Bonchev–Trinajstić information content (AvgIpc) is 2.84. The highest BCUT2D eigenvalue weighted by molar-refractivity contribution is 6.30. The van der Waals surface area contributed by atoms with Crippen LogP contribution < -0.4 is 0 Å². The zero-order valence-electron chi connectivity index (χ0n) is 12.4. The zero-order valence-corrected chi connectivity index (χ0v) is 12.4. The largest absolute Gasteiger partial charge is 0.506 e. The molecule has 0 aliphatic heterocycles. The van der Waals surface area contributed by atoms with Crippen LogP contribution in [0.1, 0.15) is 28.4 Å². The molecule has 2 aromatic rings. The van der Waals surface area contributed by atoms with Gasteiger partial charge in [-0.25, -0.2) is 0 Å². The predicted molar refractivity (Wildman–Crippen MR) is 88.9 cm³/mol. The standard InChI is InChI=1S/C18H14N2O3/c1-11(20-23)12-6-8-13(9-7-12)19-10-16-17(21)14-4-2-3-5-15(14)18(16)22/h2-10,21,23H,1H3. The Morgan fingerprint density at radius 1 is 1.04 bits per heavy atom. The van der Waals surface area contributed by atoms with E-state index in [4.69, 9.17) is 5.21 Å². The molecule has 0 radical (unpaired) electrons. The summed E-state index contributed by atoms with van der Waals surface area (Å²) in [6.07, 6.45) is 1.37. The van der Waals surface area contributed by atoms with Crippen molar-refractivity contribution in [3.8, 4) is 0 Å². The van der Waals surface area contributed by atoms with Crippen molar-refractivity contribution in [3.05, 3.63) is 70.8 Å². The lowest BCUT2D eigenvalue weighted by atomic mass is 10.1. The highest BCUT2D eigenvalue weighted by Crippen LogP contribution is 2.30. The van der Waals surface area contributed by atoms with E-state index in [9.17, 15) is 9.90 Å². The molecule has 0 atom stereocenters. The number of allylic oxidation sites excluding steroid dienone is 1. The molecule has 0 fully saturated rings. The highest BCUT2D eigenvalue weighted by atomic mass is 16.4. The molecule has 114 valence electrons. The van der Waals surface area contributed by atoms with Gasteiger partial charge in [0.25, 0.3) is 0 Å². The lowest BCUT2D eigenvalue weighted by Crippen LogP contribution is -1.99. The number of carbonyl (C=O) groups excluding carboxylic acids is 1. The minimum absolute atomic E-state index is 0.0470. The summed E-state index contributed by atoms with van der Waals surface area (Å²) in [7, 11) is 0. The first kappa shape index (κ1) is 14.7. The smallest absolute Gasteiger partial charge is 0.199 e.